The van der Waals surface area contributed by atoms with E-state index in [4.69, 9.17) is 23.2 Å². The van der Waals surface area contributed by atoms with Crippen LogP contribution in [-0.4, -0.2) is 31.7 Å². The first-order chi connectivity index (χ1) is 19.0. The van der Waals surface area contributed by atoms with E-state index in [2.05, 4.69) is 26.8 Å². The fraction of sp³-hybridized carbons (Fsp3) is 0. The summed E-state index contributed by atoms with van der Waals surface area (Å²) >= 11 is 15.3. The Balaban J connectivity index is 1.39. The second kappa shape index (κ2) is 10.6. The summed E-state index contributed by atoms with van der Waals surface area (Å²) < 4.78 is 2.61. The fourth-order valence-electron chi connectivity index (χ4n) is 3.91. The van der Waals surface area contributed by atoms with Crippen molar-refractivity contribution in [3.63, 3.8) is 0 Å². The fourth-order valence-corrected chi connectivity index (χ4v) is 5.88. The van der Waals surface area contributed by atoms with Gasteiger partial charge in [0.05, 0.1) is 29.2 Å². The molecule has 8 nitrogen and oxygen atoms in total. The molecule has 0 radical (unpaired) electrons. The van der Waals surface area contributed by atoms with Crippen LogP contribution in [0.25, 0.3) is 32.0 Å². The van der Waals surface area contributed by atoms with Gasteiger partial charge in [-0.2, -0.15) is 20.0 Å². The molecule has 0 saturated carbocycles. The van der Waals surface area contributed by atoms with Crippen LogP contribution in [0.3, 0.4) is 0 Å². The highest BCUT2D eigenvalue weighted by atomic mass is 35.5. The van der Waals surface area contributed by atoms with Gasteiger partial charge in [-0.25, -0.2) is 10.1 Å². The number of hydrazone groups is 1. The lowest BCUT2D eigenvalue weighted by molar-refractivity contribution is 0.0950. The smallest absolute Gasteiger partial charge is 0.265 e. The topological polar surface area (TPSA) is 94.2 Å². The number of thiophene rings is 2. The molecular weight excluding hydrogens is 575 g/mol. The highest BCUT2D eigenvalue weighted by Gasteiger charge is 2.22. The number of nitrogens with one attached hydrogen (secondary N) is 1. The molecule has 6 aromatic rings. The van der Waals surface area contributed by atoms with E-state index in [1.54, 1.807) is 77.4 Å². The molecule has 4 aromatic heterocycles. The number of hydrogen-bond acceptors (Lipinski definition) is 7. The number of hydrogen-bond donors (Lipinski definition) is 1. The lowest BCUT2D eigenvalue weighted by Crippen LogP contribution is -2.28. The number of carbonyl (C=O) groups excluding carboxylic acids is 1. The number of carbonyl (C=O) groups is 1. The van der Waals surface area contributed by atoms with E-state index < -0.39 is 11.5 Å². The first-order valence-electron chi connectivity index (χ1n) is 11.5. The van der Waals surface area contributed by atoms with Gasteiger partial charge >= 0.3 is 0 Å². The summed E-state index contributed by atoms with van der Waals surface area (Å²) in [6, 6.07) is 21.4. The maximum Gasteiger partial charge on any atom is 0.298 e. The van der Waals surface area contributed by atoms with Crippen LogP contribution in [0.5, 0.6) is 0 Å². The van der Waals surface area contributed by atoms with E-state index in [9.17, 15) is 9.59 Å². The Labute approximate surface area is 239 Å². The number of rotatable bonds is 6. The molecular formula is C27H16Cl2N6O2S2. The summed E-state index contributed by atoms with van der Waals surface area (Å²) in [6.45, 7) is 0. The summed E-state index contributed by atoms with van der Waals surface area (Å²) in [5.41, 5.74) is 3.28. The van der Waals surface area contributed by atoms with Crippen molar-refractivity contribution in [3.8, 4) is 21.1 Å². The van der Waals surface area contributed by atoms with Gasteiger partial charge in [0.2, 0.25) is 0 Å². The molecule has 39 heavy (non-hydrogen) atoms. The molecule has 0 atom stereocenters. The van der Waals surface area contributed by atoms with E-state index >= 15 is 0 Å². The molecule has 0 spiro atoms. The number of fused-ring (bicyclic) bond motifs is 1. The third-order valence-corrected chi connectivity index (χ3v) is 8.31. The third kappa shape index (κ3) is 5.02. The summed E-state index contributed by atoms with van der Waals surface area (Å²) in [6.07, 6.45) is 3.01. The predicted molar refractivity (Wildman–Crippen MR) is 157 cm³/mol. The van der Waals surface area contributed by atoms with Crippen LogP contribution >= 0.6 is 45.9 Å². The Kier molecular flexibility index (Phi) is 6.84. The number of nitrogens with zero attached hydrogens (tertiary/aromatic N) is 5. The first-order valence-corrected chi connectivity index (χ1v) is 13.9. The minimum Gasteiger partial charge on any atom is -0.265 e. The quantitative estimate of drug-likeness (QED) is 0.178. The zero-order valence-corrected chi connectivity index (χ0v) is 22.9. The largest absolute Gasteiger partial charge is 0.298 e. The van der Waals surface area contributed by atoms with Crippen LogP contribution in [0.4, 0.5) is 0 Å². The predicted octanol–water partition coefficient (Wildman–Crippen LogP) is 6.43. The van der Waals surface area contributed by atoms with E-state index in [1.165, 1.54) is 10.9 Å². The zero-order valence-electron chi connectivity index (χ0n) is 19.8. The van der Waals surface area contributed by atoms with E-state index in [1.807, 2.05) is 23.6 Å². The molecule has 2 aromatic carbocycles. The van der Waals surface area contributed by atoms with Crippen molar-refractivity contribution in [2.75, 3.05) is 0 Å². The van der Waals surface area contributed by atoms with Gasteiger partial charge < -0.3 is 0 Å². The van der Waals surface area contributed by atoms with E-state index in [-0.39, 0.29) is 16.6 Å². The van der Waals surface area contributed by atoms with Gasteiger partial charge in [0, 0.05) is 24.7 Å². The Bertz CT molecular complexity index is 1890. The number of benzene rings is 2. The Morgan fingerprint density at radius 3 is 2.26 bits per heavy atom. The minimum atomic E-state index is -0.593. The maximum absolute atomic E-state index is 13.6. The number of amides is 1. The SMILES string of the molecule is O=C(N/N=C/c1ccc(-c2cccs2)s1)c1nn(-c2ccc(Cl)cc2)c(=O)c2c1cnn2-c1ccc(Cl)cc1. The number of halogens is 2. The summed E-state index contributed by atoms with van der Waals surface area (Å²) in [7, 11) is 0. The third-order valence-electron chi connectivity index (χ3n) is 5.73. The zero-order chi connectivity index (χ0) is 26.9. The van der Waals surface area contributed by atoms with E-state index in [0.29, 0.717) is 21.4 Å². The molecule has 0 saturated heterocycles. The molecule has 0 fully saturated rings. The van der Waals surface area contributed by atoms with Crippen LogP contribution in [-0.2, 0) is 0 Å². The van der Waals surface area contributed by atoms with Gasteiger partial charge in [0.15, 0.2) is 5.69 Å². The monoisotopic (exact) mass is 590 g/mol. The van der Waals surface area contributed by atoms with Gasteiger partial charge in [0.1, 0.15) is 5.52 Å². The van der Waals surface area contributed by atoms with Gasteiger partial charge in [0.25, 0.3) is 11.5 Å². The van der Waals surface area contributed by atoms with Crippen LogP contribution in [0, 0.1) is 0 Å². The minimum absolute atomic E-state index is 0.0117. The van der Waals surface area contributed by atoms with Crippen LogP contribution in [0.2, 0.25) is 10.0 Å². The summed E-state index contributed by atoms with van der Waals surface area (Å²) in [5.74, 6) is -0.593. The van der Waals surface area contributed by atoms with Gasteiger partial charge in [-0.3, -0.25) is 9.59 Å². The van der Waals surface area contributed by atoms with Crippen LogP contribution in [0.1, 0.15) is 15.4 Å². The molecule has 0 bridgehead atoms. The number of aromatic nitrogens is 4. The second-order valence-electron chi connectivity index (χ2n) is 8.22. The highest BCUT2D eigenvalue weighted by molar-refractivity contribution is 7.22. The van der Waals surface area contributed by atoms with Gasteiger partial charge in [-0.05, 0) is 72.1 Å². The Morgan fingerprint density at radius 1 is 0.897 bits per heavy atom. The molecule has 192 valence electrons. The summed E-state index contributed by atoms with van der Waals surface area (Å²) in [5, 5.41) is 16.3. The van der Waals surface area contributed by atoms with Gasteiger partial charge in [-0.15, -0.1) is 22.7 Å². The van der Waals surface area contributed by atoms with Crippen molar-refractivity contribution >= 4 is 68.9 Å². The molecule has 6 rings (SSSR count). The Morgan fingerprint density at radius 2 is 1.59 bits per heavy atom. The average Bonchev–Trinajstić information content (AvgIpc) is 3.71. The van der Waals surface area contributed by atoms with Crippen molar-refractivity contribution in [2.45, 2.75) is 0 Å². The lowest BCUT2D eigenvalue weighted by atomic mass is 10.2. The second-order valence-corrected chi connectivity index (χ2v) is 11.2. The first kappa shape index (κ1) is 25.2. The van der Waals surface area contributed by atoms with Crippen molar-refractivity contribution in [1.29, 1.82) is 0 Å². The maximum atomic E-state index is 13.6. The van der Waals surface area contributed by atoms with Crippen LogP contribution in [0.15, 0.2) is 94.3 Å². The molecule has 1 amide bonds. The van der Waals surface area contributed by atoms with Crippen molar-refractivity contribution in [2.24, 2.45) is 5.10 Å². The molecule has 4 heterocycles. The van der Waals surface area contributed by atoms with E-state index in [0.717, 1.165) is 19.3 Å². The molecule has 1 N–H and O–H groups in total. The molecule has 0 aliphatic rings. The van der Waals surface area contributed by atoms with Crippen molar-refractivity contribution in [3.05, 3.63) is 115 Å². The average molecular weight is 592 g/mol. The van der Waals surface area contributed by atoms with Crippen LogP contribution < -0.4 is 11.0 Å². The standard InChI is InChI=1S/C27H16Cl2N6O2S2/c28-16-3-7-18(8-4-16)34-25-21(15-31-34)24(33-35(27(25)37)19-9-5-17(29)6-10-19)26(36)32-30-14-20-11-12-23(39-20)22-2-1-13-38-22/h1-15H,(H,32,36)/b30-14+. The van der Waals surface area contributed by atoms with Gasteiger partial charge in [-0.1, -0.05) is 29.3 Å². The molecule has 0 unspecified atom stereocenters. The molecule has 0 aliphatic carbocycles. The molecule has 0 aliphatic heterocycles. The highest BCUT2D eigenvalue weighted by Crippen LogP contribution is 2.30. The van der Waals surface area contributed by atoms with Crippen molar-refractivity contribution in [1.82, 2.24) is 25.0 Å². The van der Waals surface area contributed by atoms with Crippen molar-refractivity contribution < 1.29 is 4.79 Å². The lowest BCUT2D eigenvalue weighted by Gasteiger charge is -2.10. The molecule has 12 heteroatoms. The normalized spacial score (nSPS) is 11.4. The Hall–Kier alpha value is -4.09. The summed E-state index contributed by atoms with van der Waals surface area (Å²) in [4.78, 5) is 30.1.